The molecule has 2 amide bonds. The molecule has 3 aliphatic rings. The van der Waals surface area contributed by atoms with E-state index >= 15 is 0 Å². The molecule has 3 rings (SSSR count). The van der Waals surface area contributed by atoms with Gasteiger partial charge in [0.1, 0.15) is 13.1 Å². The lowest BCUT2D eigenvalue weighted by Gasteiger charge is -2.33. The Hall–Kier alpha value is -1.12. The summed E-state index contributed by atoms with van der Waals surface area (Å²) in [7, 11) is 2.10. The molecule has 0 aromatic rings. The van der Waals surface area contributed by atoms with Gasteiger partial charge in [-0.25, -0.2) is 4.90 Å². The summed E-state index contributed by atoms with van der Waals surface area (Å²) in [6.07, 6.45) is 7.49. The van der Waals surface area contributed by atoms with Crippen molar-refractivity contribution in [2.75, 3.05) is 39.8 Å². The number of amides is 2. The second kappa shape index (κ2) is 9.13. The molecule has 1 heterocycles. The van der Waals surface area contributed by atoms with Gasteiger partial charge in [0.25, 0.3) is 0 Å². The molecule has 3 fully saturated rings. The molecule has 5 nitrogen and oxygen atoms in total. The third-order valence-corrected chi connectivity index (χ3v) is 8.14. The fourth-order valence-electron chi connectivity index (χ4n) is 5.95. The number of fused-ring (bicyclic) bond motifs is 2. The molecule has 2 N–H and O–H groups in total. The molecule has 2 aliphatic carbocycles. The standard InChI is InChI=1S/C23H41N4O/c1-17-19(16-25-22(28)27-12-10-26(4)11-13-27)15-20-14-18(21(17)7-9-24)6-5-8-23(20,2)3/h17-21H,5-15,24H2,1-4H3/q+1/t17-,18-,19?,20+,21+/m1/s1. The lowest BCUT2D eigenvalue weighted by atomic mass is 9.71. The highest BCUT2D eigenvalue weighted by molar-refractivity contribution is 5.85. The van der Waals surface area contributed by atoms with Gasteiger partial charge in [-0.05, 0) is 68.4 Å². The van der Waals surface area contributed by atoms with Crippen molar-refractivity contribution < 1.29 is 4.79 Å². The second-order valence-electron chi connectivity index (χ2n) is 10.3. The predicted molar refractivity (Wildman–Crippen MR) is 115 cm³/mol. The topological polar surface area (TPSA) is 53.9 Å². The largest absolute Gasteiger partial charge is 0.600 e. The van der Waals surface area contributed by atoms with Crippen LogP contribution in [0.25, 0.3) is 4.85 Å². The Bertz CT molecular complexity index is 599. The van der Waals surface area contributed by atoms with Crippen LogP contribution >= 0.6 is 0 Å². The quantitative estimate of drug-likeness (QED) is 0.772. The molecule has 0 radical (unpaired) electrons. The Morgan fingerprint density at radius 1 is 1.21 bits per heavy atom. The molecule has 1 saturated heterocycles. The van der Waals surface area contributed by atoms with Gasteiger partial charge in [0.05, 0.1) is 5.92 Å². The number of hydrogen-bond donors (Lipinski definition) is 1. The van der Waals surface area contributed by atoms with E-state index in [0.717, 1.165) is 51.5 Å². The molecule has 0 aromatic heterocycles. The molecule has 0 spiro atoms. The molecular weight excluding hydrogens is 348 g/mol. The summed E-state index contributed by atoms with van der Waals surface area (Å²) in [5.74, 6) is 2.86. The molecule has 2 bridgehead atoms. The van der Waals surface area contributed by atoms with E-state index in [9.17, 15) is 4.79 Å². The van der Waals surface area contributed by atoms with E-state index in [2.05, 4.69) is 43.6 Å². The fraction of sp³-hybridized carbons (Fsp3) is 0.913. The highest BCUT2D eigenvalue weighted by Gasteiger charge is 2.44. The maximum Gasteiger partial charge on any atom is 0.600 e. The highest BCUT2D eigenvalue weighted by Crippen LogP contribution is 2.52. The van der Waals surface area contributed by atoms with Crippen molar-refractivity contribution in [1.82, 2.24) is 9.80 Å². The van der Waals surface area contributed by atoms with Crippen LogP contribution in [0.3, 0.4) is 0 Å². The molecular formula is C23H41N4O+. The van der Waals surface area contributed by atoms with Crippen LogP contribution in [0, 0.1) is 41.1 Å². The molecule has 0 aromatic carbocycles. The zero-order valence-electron chi connectivity index (χ0n) is 18.5. The number of carbonyl (C=O) groups is 1. The van der Waals surface area contributed by atoms with E-state index in [-0.39, 0.29) is 11.9 Å². The van der Waals surface area contributed by atoms with Crippen molar-refractivity contribution in [2.24, 2.45) is 40.7 Å². The number of urea groups is 1. The van der Waals surface area contributed by atoms with Gasteiger partial charge in [0, 0.05) is 13.1 Å². The van der Waals surface area contributed by atoms with E-state index in [1.165, 1.54) is 25.7 Å². The molecule has 158 valence electrons. The van der Waals surface area contributed by atoms with Crippen molar-refractivity contribution in [3.63, 3.8) is 0 Å². The van der Waals surface area contributed by atoms with Gasteiger partial charge >= 0.3 is 6.03 Å². The van der Waals surface area contributed by atoms with Crippen molar-refractivity contribution in [2.45, 2.75) is 59.3 Å². The highest BCUT2D eigenvalue weighted by atomic mass is 16.2. The second-order valence-corrected chi connectivity index (χ2v) is 10.3. The number of likely N-dealkylation sites (N-methyl/N-ethyl adjacent to an activating group) is 1. The number of nitrogens with two attached hydrogens (primary N) is 1. The van der Waals surface area contributed by atoms with Crippen LogP contribution in [0.1, 0.15) is 59.3 Å². The van der Waals surface area contributed by atoms with Gasteiger partial charge < -0.3 is 5.73 Å². The van der Waals surface area contributed by atoms with Crippen LogP contribution in [0.5, 0.6) is 0 Å². The Morgan fingerprint density at radius 2 is 1.93 bits per heavy atom. The summed E-state index contributed by atoms with van der Waals surface area (Å²) in [5.41, 5.74) is 6.37. The first-order chi connectivity index (χ1) is 13.3. The molecule has 5 heteroatoms. The SMILES string of the molecule is C[C@@H]1C(C#[N+]C(=O)N2CCN(C)CC2)C[C@@H]2C[C@@H](CCCC2(C)C)[C@H]1CCN. The van der Waals surface area contributed by atoms with Crippen molar-refractivity contribution >= 4 is 6.03 Å². The number of nitrogens with zero attached hydrogens (tertiary/aromatic N) is 3. The Morgan fingerprint density at radius 3 is 2.61 bits per heavy atom. The van der Waals surface area contributed by atoms with E-state index in [4.69, 9.17) is 5.73 Å². The van der Waals surface area contributed by atoms with Crippen LogP contribution in [-0.2, 0) is 0 Å². The summed E-state index contributed by atoms with van der Waals surface area (Å²) in [4.78, 5) is 21.1. The molecule has 1 unspecified atom stereocenters. The first-order valence-corrected chi connectivity index (χ1v) is 11.5. The van der Waals surface area contributed by atoms with Gasteiger partial charge in [0.2, 0.25) is 0 Å². The lowest BCUT2D eigenvalue weighted by Crippen LogP contribution is -2.45. The van der Waals surface area contributed by atoms with Gasteiger partial charge in [0.15, 0.2) is 6.07 Å². The van der Waals surface area contributed by atoms with Gasteiger partial charge in [-0.1, -0.05) is 33.6 Å². The first kappa shape index (κ1) is 21.6. The van der Waals surface area contributed by atoms with E-state index in [1.54, 1.807) is 0 Å². The molecule has 1 aliphatic heterocycles. The van der Waals surface area contributed by atoms with Crippen molar-refractivity contribution in [1.29, 1.82) is 0 Å². The van der Waals surface area contributed by atoms with Crippen LogP contribution < -0.4 is 5.73 Å². The van der Waals surface area contributed by atoms with Gasteiger partial charge in [-0.15, -0.1) is 4.85 Å². The Kier molecular flexibility index (Phi) is 7.04. The minimum absolute atomic E-state index is 0.0978. The monoisotopic (exact) mass is 389 g/mol. The maximum absolute atomic E-state index is 12.6. The zero-order chi connectivity index (χ0) is 20.3. The minimum atomic E-state index is -0.0978. The minimum Gasteiger partial charge on any atom is -0.330 e. The van der Waals surface area contributed by atoms with E-state index in [1.807, 2.05) is 4.90 Å². The number of hydrogen-bond acceptors (Lipinski definition) is 3. The number of rotatable bonds is 2. The molecule has 28 heavy (non-hydrogen) atoms. The first-order valence-electron chi connectivity index (χ1n) is 11.5. The summed E-state index contributed by atoms with van der Waals surface area (Å²) < 4.78 is 0. The molecule has 5 atom stereocenters. The van der Waals surface area contributed by atoms with Crippen LogP contribution in [-0.4, -0.2) is 55.6 Å². The predicted octanol–water partition coefficient (Wildman–Crippen LogP) is 4.14. The van der Waals surface area contributed by atoms with Gasteiger partial charge in [-0.3, -0.25) is 4.90 Å². The summed E-state index contributed by atoms with van der Waals surface area (Å²) in [6, 6.07) is 3.26. The van der Waals surface area contributed by atoms with Crippen LogP contribution in [0.2, 0.25) is 0 Å². The third-order valence-electron chi connectivity index (χ3n) is 8.14. The number of carbonyl (C=O) groups excluding carboxylic acids is 1. The Labute approximate surface area is 171 Å². The third kappa shape index (κ3) is 4.89. The van der Waals surface area contributed by atoms with Gasteiger partial charge in [-0.2, -0.15) is 4.79 Å². The average Bonchev–Trinajstić information content (AvgIpc) is 2.88. The smallest absolute Gasteiger partial charge is 0.330 e. The average molecular weight is 390 g/mol. The summed E-state index contributed by atoms with van der Waals surface area (Å²) in [6.45, 7) is 11.4. The zero-order valence-corrected chi connectivity index (χ0v) is 18.5. The van der Waals surface area contributed by atoms with Crippen molar-refractivity contribution in [3.05, 3.63) is 4.85 Å². The van der Waals surface area contributed by atoms with E-state index in [0.29, 0.717) is 23.2 Å². The lowest BCUT2D eigenvalue weighted by molar-refractivity contribution is 0.165. The van der Waals surface area contributed by atoms with Crippen LogP contribution in [0.15, 0.2) is 0 Å². The Balaban J connectivity index is 1.78. The summed E-state index contributed by atoms with van der Waals surface area (Å²) in [5, 5.41) is 0. The maximum atomic E-state index is 12.6. The van der Waals surface area contributed by atoms with Crippen LogP contribution in [0.4, 0.5) is 4.79 Å². The fourth-order valence-corrected chi connectivity index (χ4v) is 5.95. The summed E-state index contributed by atoms with van der Waals surface area (Å²) >= 11 is 0. The van der Waals surface area contributed by atoms with Crippen molar-refractivity contribution in [3.8, 4) is 6.07 Å². The number of piperazine rings is 1. The normalized spacial score (nSPS) is 36.0. The van der Waals surface area contributed by atoms with E-state index < -0.39 is 0 Å². The molecule has 2 saturated carbocycles.